The molecular weight excluding hydrogens is 588 g/mol. The summed E-state index contributed by atoms with van der Waals surface area (Å²) in [6.45, 7) is 19.3. The van der Waals surface area contributed by atoms with Gasteiger partial charge in [0, 0.05) is 42.8 Å². The molecule has 1 saturated heterocycles. The summed E-state index contributed by atoms with van der Waals surface area (Å²) in [6, 6.07) is 13.1. The Labute approximate surface area is 278 Å². The van der Waals surface area contributed by atoms with E-state index in [1.54, 1.807) is 4.90 Å². The molecule has 9 heteroatoms. The van der Waals surface area contributed by atoms with E-state index in [9.17, 15) is 4.79 Å². The number of hydrogen-bond donors (Lipinski definition) is 0. The van der Waals surface area contributed by atoms with Gasteiger partial charge < -0.3 is 29.0 Å². The van der Waals surface area contributed by atoms with E-state index in [1.807, 2.05) is 0 Å². The normalized spacial score (nSPS) is 24.5. The van der Waals surface area contributed by atoms with Crippen LogP contribution in [-0.4, -0.2) is 78.4 Å². The highest BCUT2D eigenvalue weighted by Crippen LogP contribution is 2.45. The van der Waals surface area contributed by atoms with Crippen LogP contribution < -0.4 is 14.5 Å². The first-order valence-electron chi connectivity index (χ1n) is 17.3. The molecule has 1 aromatic heterocycles. The van der Waals surface area contributed by atoms with E-state index < -0.39 is 0 Å². The fourth-order valence-corrected chi connectivity index (χ4v) is 8.58. The highest BCUT2D eigenvalue weighted by molar-refractivity contribution is 5.97. The van der Waals surface area contributed by atoms with Crippen molar-refractivity contribution in [3.8, 4) is 6.01 Å². The molecule has 0 spiro atoms. The molecule has 2 unspecified atom stereocenters. The minimum atomic E-state index is -0.236. The zero-order valence-electron chi connectivity index (χ0n) is 27.7. The quantitative estimate of drug-likeness (QED) is 0.212. The molecule has 2 aromatic carbocycles. The number of carbonyl (C=O) groups excluding carboxylic acids is 1. The number of fused-ring (bicyclic) bond motifs is 3. The third kappa shape index (κ3) is 6.40. The van der Waals surface area contributed by atoms with Crippen LogP contribution in [0, 0.1) is 25.3 Å². The predicted molar refractivity (Wildman–Crippen MR) is 185 cm³/mol. The fourth-order valence-electron chi connectivity index (χ4n) is 8.58. The lowest BCUT2D eigenvalue weighted by Crippen LogP contribution is -2.56. The van der Waals surface area contributed by atoms with Gasteiger partial charge in [0.2, 0.25) is 12.5 Å². The van der Waals surface area contributed by atoms with Crippen molar-refractivity contribution in [1.82, 2.24) is 14.9 Å². The van der Waals surface area contributed by atoms with Gasteiger partial charge in [0.05, 0.1) is 24.4 Å². The van der Waals surface area contributed by atoms with Crippen LogP contribution in [0.4, 0.5) is 11.5 Å². The third-order valence-corrected chi connectivity index (χ3v) is 10.8. The number of aromatic nitrogens is 2. The number of hydrogen-bond acceptors (Lipinski definition) is 7. The number of rotatable bonds is 9. The molecule has 47 heavy (non-hydrogen) atoms. The van der Waals surface area contributed by atoms with Crippen LogP contribution >= 0.6 is 0 Å². The molecule has 4 atom stereocenters. The summed E-state index contributed by atoms with van der Waals surface area (Å²) in [4.78, 5) is 32.8. The molecular formula is C38H46N6O3. The van der Waals surface area contributed by atoms with E-state index in [0.29, 0.717) is 44.9 Å². The Hall–Kier alpha value is -4.16. The molecule has 3 aromatic rings. The Morgan fingerprint density at radius 2 is 1.89 bits per heavy atom. The molecule has 3 fully saturated rings. The lowest BCUT2D eigenvalue weighted by atomic mass is 9.99. The van der Waals surface area contributed by atoms with E-state index in [2.05, 4.69) is 71.5 Å². The predicted octanol–water partition coefficient (Wildman–Crippen LogP) is 5.99. The number of ether oxygens (including phenoxy) is 2. The second-order valence-electron chi connectivity index (χ2n) is 13.9. The zero-order chi connectivity index (χ0) is 32.5. The molecule has 3 heterocycles. The molecule has 0 radical (unpaired) electrons. The van der Waals surface area contributed by atoms with Crippen molar-refractivity contribution in [2.24, 2.45) is 11.8 Å². The maximum Gasteiger partial charge on any atom is 0.318 e. The Morgan fingerprint density at radius 1 is 1.11 bits per heavy atom. The molecule has 9 nitrogen and oxygen atoms in total. The zero-order valence-corrected chi connectivity index (χ0v) is 27.7. The van der Waals surface area contributed by atoms with Gasteiger partial charge in [-0.05, 0) is 68.0 Å². The number of anilines is 2. The first kappa shape index (κ1) is 31.4. The largest absolute Gasteiger partial charge is 0.461 e. The monoisotopic (exact) mass is 634 g/mol. The van der Waals surface area contributed by atoms with Gasteiger partial charge in [-0.1, -0.05) is 56.2 Å². The number of nitrogens with zero attached hydrogens (tertiary/aromatic N) is 6. The van der Waals surface area contributed by atoms with Gasteiger partial charge in [0.15, 0.2) is 0 Å². The Bertz CT molecular complexity index is 1670. The van der Waals surface area contributed by atoms with Gasteiger partial charge in [0.1, 0.15) is 18.5 Å². The molecule has 0 bridgehead atoms. The van der Waals surface area contributed by atoms with Crippen LogP contribution in [-0.2, 0) is 22.5 Å². The highest BCUT2D eigenvalue weighted by atomic mass is 16.5. The lowest BCUT2D eigenvalue weighted by molar-refractivity contribution is -0.128. The SMILES string of the molecule is [C-]#[N+]C[C@H]1CN(c2nc(OC[C@H](C)OC3CC4CCCC4C3)nc3c2CCN(c2cccc4cccc(C)c24)C3)CCN1C(=O)C=C. The van der Waals surface area contributed by atoms with Gasteiger partial charge in [0.25, 0.3) is 0 Å². The molecule has 2 aliphatic heterocycles. The van der Waals surface area contributed by atoms with E-state index >= 15 is 0 Å². The van der Waals surface area contributed by atoms with Crippen molar-refractivity contribution >= 4 is 28.2 Å². The Kier molecular flexibility index (Phi) is 9.05. The van der Waals surface area contributed by atoms with E-state index in [4.69, 9.17) is 26.0 Å². The maximum atomic E-state index is 12.6. The number of carbonyl (C=O) groups is 1. The molecule has 2 aliphatic carbocycles. The third-order valence-electron chi connectivity index (χ3n) is 10.8. The van der Waals surface area contributed by atoms with Crippen molar-refractivity contribution in [3.63, 3.8) is 0 Å². The van der Waals surface area contributed by atoms with Crippen LogP contribution in [0.2, 0.25) is 0 Å². The molecule has 4 aliphatic rings. The van der Waals surface area contributed by atoms with Crippen LogP contribution in [0.1, 0.15) is 55.8 Å². The van der Waals surface area contributed by atoms with E-state index in [1.165, 1.54) is 60.2 Å². The maximum absolute atomic E-state index is 12.6. The Morgan fingerprint density at radius 3 is 2.66 bits per heavy atom. The summed E-state index contributed by atoms with van der Waals surface area (Å²) in [6.07, 6.45) is 8.80. The second kappa shape index (κ2) is 13.5. The van der Waals surface area contributed by atoms with E-state index in [-0.39, 0.29) is 24.6 Å². The fraction of sp³-hybridized carbons (Fsp3) is 0.526. The summed E-state index contributed by atoms with van der Waals surface area (Å²) in [5.41, 5.74) is 4.56. The molecule has 2 saturated carbocycles. The summed E-state index contributed by atoms with van der Waals surface area (Å²) in [7, 11) is 0. The van der Waals surface area contributed by atoms with Crippen molar-refractivity contribution in [3.05, 3.63) is 77.3 Å². The molecule has 1 amide bonds. The van der Waals surface area contributed by atoms with Crippen LogP contribution in [0.15, 0.2) is 49.1 Å². The number of aryl methyl sites for hydroxylation is 1. The van der Waals surface area contributed by atoms with Crippen molar-refractivity contribution in [1.29, 1.82) is 0 Å². The van der Waals surface area contributed by atoms with Crippen LogP contribution in [0.25, 0.3) is 15.6 Å². The Balaban J connectivity index is 1.15. The average Bonchev–Trinajstić information content (AvgIpc) is 3.68. The van der Waals surface area contributed by atoms with Crippen LogP contribution in [0.3, 0.4) is 0 Å². The van der Waals surface area contributed by atoms with Gasteiger partial charge in [-0.15, -0.1) is 0 Å². The molecule has 0 N–H and O–H groups in total. The number of amides is 1. The van der Waals surface area contributed by atoms with Crippen molar-refractivity contribution in [2.75, 3.05) is 49.1 Å². The van der Waals surface area contributed by atoms with Crippen molar-refractivity contribution < 1.29 is 14.3 Å². The topological polar surface area (TPSA) is 75.4 Å². The van der Waals surface area contributed by atoms with Gasteiger partial charge in [-0.2, -0.15) is 9.97 Å². The van der Waals surface area contributed by atoms with Gasteiger partial charge in [-0.25, -0.2) is 6.57 Å². The summed E-state index contributed by atoms with van der Waals surface area (Å²) in [5, 5.41) is 2.51. The summed E-state index contributed by atoms with van der Waals surface area (Å²) >= 11 is 0. The standard InChI is InChI=1S/C38H46N6O3/c1-5-35(45)44-18-17-43(22-30(44)21-39-4)37-32-15-16-42(34-14-8-11-27-10-6-9-25(2)36(27)34)23-33(32)40-38(41-37)46-24-26(3)47-31-19-28-12-7-13-29(28)20-31/h5-6,8-11,14,26,28-31H,1,7,12-13,15-24H2,2-3H3/t26-,28?,29?,30-,31?/m0/s1. The summed E-state index contributed by atoms with van der Waals surface area (Å²) < 4.78 is 12.8. The van der Waals surface area contributed by atoms with Crippen molar-refractivity contribution in [2.45, 2.75) is 77.2 Å². The van der Waals surface area contributed by atoms with E-state index in [0.717, 1.165) is 41.9 Å². The van der Waals surface area contributed by atoms with Gasteiger partial charge >= 0.3 is 6.01 Å². The minimum absolute atomic E-state index is 0.0615. The average molecular weight is 635 g/mol. The molecule has 246 valence electrons. The second-order valence-corrected chi connectivity index (χ2v) is 13.9. The van der Waals surface area contributed by atoms with Gasteiger partial charge in [-0.3, -0.25) is 4.79 Å². The molecule has 7 rings (SSSR count). The number of piperazine rings is 1. The first-order chi connectivity index (χ1) is 22.9. The smallest absolute Gasteiger partial charge is 0.318 e. The van der Waals surface area contributed by atoms with Crippen LogP contribution in [0.5, 0.6) is 6.01 Å². The highest BCUT2D eigenvalue weighted by Gasteiger charge is 2.38. The lowest BCUT2D eigenvalue weighted by Gasteiger charge is -2.41. The first-order valence-corrected chi connectivity index (χ1v) is 17.3. The minimum Gasteiger partial charge on any atom is -0.461 e. The summed E-state index contributed by atoms with van der Waals surface area (Å²) in [5.74, 6) is 2.40. The number of benzene rings is 2.